The van der Waals surface area contributed by atoms with E-state index in [1.165, 1.54) is 10.9 Å². The molecule has 0 aliphatic carbocycles. The van der Waals surface area contributed by atoms with Gasteiger partial charge in [0.1, 0.15) is 24.1 Å². The molecule has 3 aromatic heterocycles. The fraction of sp³-hybridized carbons (Fsp3) is 0.269. The van der Waals surface area contributed by atoms with Crippen LogP contribution >= 0.6 is 0 Å². The van der Waals surface area contributed by atoms with Gasteiger partial charge < -0.3 is 14.4 Å². The quantitative estimate of drug-likeness (QED) is 0.403. The van der Waals surface area contributed by atoms with E-state index in [-0.39, 0.29) is 24.6 Å². The molecule has 0 aliphatic heterocycles. The number of para-hydroxylation sites is 1. The van der Waals surface area contributed by atoms with Crippen molar-refractivity contribution >= 4 is 33.5 Å². The molecule has 0 saturated carbocycles. The maximum absolute atomic E-state index is 13.6. The number of nitrogens with one attached hydrogen (secondary N) is 1. The van der Waals surface area contributed by atoms with Crippen molar-refractivity contribution in [1.82, 2.24) is 24.3 Å². The first-order valence-electron chi connectivity index (χ1n) is 11.5. The number of fused-ring (bicyclic) bond motifs is 3. The minimum Gasteiger partial charge on any atom is -0.337 e. The first kappa shape index (κ1) is 22.5. The smallest absolute Gasteiger partial charge is 0.278 e. The number of nitrogens with zero attached hydrogens (tertiary/aromatic N) is 5. The lowest BCUT2D eigenvalue weighted by molar-refractivity contribution is -0.116. The maximum atomic E-state index is 13.6. The molecule has 2 aromatic carbocycles. The summed E-state index contributed by atoms with van der Waals surface area (Å²) in [5, 5.41) is 7.68. The lowest BCUT2D eigenvalue weighted by atomic mass is 10.1. The van der Waals surface area contributed by atoms with Gasteiger partial charge in [0.05, 0.1) is 11.8 Å². The maximum Gasteiger partial charge on any atom is 0.278 e. The predicted molar refractivity (Wildman–Crippen MR) is 134 cm³/mol. The standard InChI is InChI=1S/C26H26N6O3/c1-5-18-8-6-7-16(3)23(18)29-21(33)12-32-20-10-9-15(2)11-19(20)24-25(32)26(34)31(14-27-24)13-22-28-17(4)30-35-22/h6-11,14H,5,12-13H2,1-4H3,(H,29,33). The number of anilines is 1. The second-order valence-corrected chi connectivity index (χ2v) is 8.73. The van der Waals surface area contributed by atoms with Gasteiger partial charge >= 0.3 is 0 Å². The van der Waals surface area contributed by atoms with Crippen molar-refractivity contribution in [1.29, 1.82) is 0 Å². The third kappa shape index (κ3) is 4.09. The Balaban J connectivity index is 1.61. The zero-order valence-electron chi connectivity index (χ0n) is 20.1. The Morgan fingerprint density at radius 3 is 2.71 bits per heavy atom. The van der Waals surface area contributed by atoms with Gasteiger partial charge in [0, 0.05) is 11.1 Å². The summed E-state index contributed by atoms with van der Waals surface area (Å²) in [6.07, 6.45) is 2.28. The largest absolute Gasteiger partial charge is 0.337 e. The van der Waals surface area contributed by atoms with Crippen molar-refractivity contribution in [3.8, 4) is 0 Å². The van der Waals surface area contributed by atoms with E-state index in [4.69, 9.17) is 4.52 Å². The van der Waals surface area contributed by atoms with Crippen LogP contribution in [-0.4, -0.2) is 30.2 Å². The molecule has 0 spiro atoms. The molecule has 0 unspecified atom stereocenters. The van der Waals surface area contributed by atoms with Crippen LogP contribution in [0.25, 0.3) is 21.9 Å². The van der Waals surface area contributed by atoms with E-state index in [9.17, 15) is 9.59 Å². The van der Waals surface area contributed by atoms with Crippen LogP contribution in [0.2, 0.25) is 0 Å². The SMILES string of the molecule is CCc1cccc(C)c1NC(=O)Cn1c2ccc(C)cc2c2ncn(Cc3nc(C)no3)c(=O)c21. The van der Waals surface area contributed by atoms with Gasteiger partial charge in [0.15, 0.2) is 5.82 Å². The summed E-state index contributed by atoms with van der Waals surface area (Å²) in [5.41, 5.74) is 5.34. The Hall–Kier alpha value is -4.27. The van der Waals surface area contributed by atoms with Crippen molar-refractivity contribution in [2.45, 2.75) is 47.2 Å². The first-order valence-corrected chi connectivity index (χ1v) is 11.5. The second-order valence-electron chi connectivity index (χ2n) is 8.73. The van der Waals surface area contributed by atoms with Crippen LogP contribution in [0.1, 0.15) is 35.3 Å². The topological polar surface area (TPSA) is 108 Å². The summed E-state index contributed by atoms with van der Waals surface area (Å²) in [6, 6.07) is 11.8. The molecule has 9 nitrogen and oxygen atoms in total. The number of hydrogen-bond donors (Lipinski definition) is 1. The molecule has 1 amide bonds. The molecule has 0 fully saturated rings. The number of benzene rings is 2. The van der Waals surface area contributed by atoms with E-state index in [2.05, 4.69) is 27.4 Å². The zero-order valence-corrected chi connectivity index (χ0v) is 20.1. The highest BCUT2D eigenvalue weighted by Crippen LogP contribution is 2.27. The van der Waals surface area contributed by atoms with Gasteiger partial charge in [0.25, 0.3) is 5.56 Å². The van der Waals surface area contributed by atoms with Crippen LogP contribution in [-0.2, 0) is 24.3 Å². The summed E-state index contributed by atoms with van der Waals surface area (Å²) in [5.74, 6) is 0.593. The molecule has 35 heavy (non-hydrogen) atoms. The van der Waals surface area contributed by atoms with Crippen LogP contribution in [0.5, 0.6) is 0 Å². The molecular formula is C26H26N6O3. The fourth-order valence-electron chi connectivity index (χ4n) is 4.47. The highest BCUT2D eigenvalue weighted by molar-refractivity contribution is 6.07. The van der Waals surface area contributed by atoms with E-state index >= 15 is 0 Å². The monoisotopic (exact) mass is 470 g/mol. The molecule has 5 rings (SSSR count). The molecular weight excluding hydrogens is 444 g/mol. The van der Waals surface area contributed by atoms with Gasteiger partial charge in [-0.05, 0) is 50.5 Å². The predicted octanol–water partition coefficient (Wildman–Crippen LogP) is 3.91. The molecule has 0 aliphatic rings. The lowest BCUT2D eigenvalue weighted by Gasteiger charge is -2.14. The van der Waals surface area contributed by atoms with Gasteiger partial charge in [-0.25, -0.2) is 4.98 Å². The molecule has 178 valence electrons. The van der Waals surface area contributed by atoms with Crippen LogP contribution < -0.4 is 10.9 Å². The third-order valence-corrected chi connectivity index (χ3v) is 6.16. The first-order chi connectivity index (χ1) is 16.9. The van der Waals surface area contributed by atoms with E-state index in [1.807, 2.05) is 50.2 Å². The number of aromatic nitrogens is 5. The average Bonchev–Trinajstić information content (AvgIpc) is 3.37. The summed E-state index contributed by atoms with van der Waals surface area (Å²) in [6.45, 7) is 7.80. The van der Waals surface area contributed by atoms with Crippen molar-refractivity contribution in [2.75, 3.05) is 5.32 Å². The van der Waals surface area contributed by atoms with Crippen molar-refractivity contribution < 1.29 is 9.32 Å². The Kier molecular flexibility index (Phi) is 5.68. The minimum atomic E-state index is -0.280. The molecule has 5 aromatic rings. The van der Waals surface area contributed by atoms with Gasteiger partial charge in [-0.1, -0.05) is 41.9 Å². The van der Waals surface area contributed by atoms with Crippen LogP contribution in [0, 0.1) is 20.8 Å². The molecule has 0 saturated heterocycles. The molecule has 3 heterocycles. The second kappa shape index (κ2) is 8.83. The summed E-state index contributed by atoms with van der Waals surface area (Å²) in [4.78, 5) is 35.6. The van der Waals surface area contributed by atoms with E-state index in [1.54, 1.807) is 11.5 Å². The van der Waals surface area contributed by atoms with Crippen molar-refractivity contribution in [3.63, 3.8) is 0 Å². The highest BCUT2D eigenvalue weighted by Gasteiger charge is 2.20. The number of amides is 1. The number of hydrogen-bond acceptors (Lipinski definition) is 6. The molecule has 0 atom stereocenters. The summed E-state index contributed by atoms with van der Waals surface area (Å²) >= 11 is 0. The van der Waals surface area contributed by atoms with E-state index in [0.717, 1.165) is 39.7 Å². The highest BCUT2D eigenvalue weighted by atomic mass is 16.5. The van der Waals surface area contributed by atoms with Crippen molar-refractivity contribution in [3.05, 3.63) is 81.5 Å². The molecule has 1 N–H and O–H groups in total. The van der Waals surface area contributed by atoms with Crippen LogP contribution in [0.4, 0.5) is 5.69 Å². The lowest BCUT2D eigenvalue weighted by Crippen LogP contribution is -2.26. The molecule has 0 bridgehead atoms. The van der Waals surface area contributed by atoms with Crippen molar-refractivity contribution in [2.24, 2.45) is 0 Å². The molecule has 0 radical (unpaired) electrons. The normalized spacial score (nSPS) is 11.4. The Labute approximate surface area is 201 Å². The van der Waals surface area contributed by atoms with Gasteiger partial charge in [-0.2, -0.15) is 4.98 Å². The van der Waals surface area contributed by atoms with Crippen LogP contribution in [0.15, 0.2) is 52.0 Å². The average molecular weight is 471 g/mol. The number of carbonyl (C=O) groups is 1. The zero-order chi connectivity index (χ0) is 24.7. The van der Waals surface area contributed by atoms with Gasteiger partial charge in [0.2, 0.25) is 11.8 Å². The Morgan fingerprint density at radius 1 is 1.14 bits per heavy atom. The Morgan fingerprint density at radius 2 is 1.97 bits per heavy atom. The van der Waals surface area contributed by atoms with Gasteiger partial charge in [-0.3, -0.25) is 14.2 Å². The van der Waals surface area contributed by atoms with E-state index < -0.39 is 0 Å². The fourth-order valence-corrected chi connectivity index (χ4v) is 4.47. The Bertz CT molecular complexity index is 1640. The summed E-state index contributed by atoms with van der Waals surface area (Å²) in [7, 11) is 0. The van der Waals surface area contributed by atoms with Crippen LogP contribution in [0.3, 0.4) is 0 Å². The number of rotatable bonds is 6. The van der Waals surface area contributed by atoms with E-state index in [0.29, 0.717) is 22.7 Å². The van der Waals surface area contributed by atoms with Gasteiger partial charge in [-0.15, -0.1) is 0 Å². The minimum absolute atomic E-state index is 0.0266. The number of aryl methyl sites for hydroxylation is 4. The molecule has 9 heteroatoms. The third-order valence-electron chi connectivity index (χ3n) is 6.16. The number of carbonyl (C=O) groups excluding carboxylic acids is 1. The summed E-state index contributed by atoms with van der Waals surface area (Å²) < 4.78 is 8.35.